The van der Waals surface area contributed by atoms with E-state index in [0.29, 0.717) is 34.5 Å². The fourth-order valence-electron chi connectivity index (χ4n) is 4.56. The normalized spacial score (nSPS) is 21.4. The number of hydrogen-bond acceptors (Lipinski definition) is 5. The van der Waals surface area contributed by atoms with Crippen molar-refractivity contribution in [3.05, 3.63) is 66.4 Å². The van der Waals surface area contributed by atoms with Gasteiger partial charge in [-0.15, -0.1) is 0 Å². The van der Waals surface area contributed by atoms with E-state index in [1.54, 1.807) is 48.5 Å². The van der Waals surface area contributed by atoms with Gasteiger partial charge in [-0.05, 0) is 92.5 Å². The molecule has 8 nitrogen and oxygen atoms in total. The van der Waals surface area contributed by atoms with Crippen molar-refractivity contribution >= 4 is 29.0 Å². The molecule has 1 unspecified atom stereocenters. The van der Waals surface area contributed by atoms with E-state index in [9.17, 15) is 9.59 Å². The highest BCUT2D eigenvalue weighted by atomic mass is 16.3. The van der Waals surface area contributed by atoms with Crippen LogP contribution in [0.5, 0.6) is 0 Å². The van der Waals surface area contributed by atoms with Crippen LogP contribution in [0.25, 0.3) is 11.3 Å². The molecule has 1 atom stereocenters. The summed E-state index contributed by atoms with van der Waals surface area (Å²) in [6, 6.07) is 17.5. The van der Waals surface area contributed by atoms with Crippen molar-refractivity contribution in [3.8, 4) is 11.3 Å². The fraction of sp³-hybridized carbons (Fsp3) is 0.280. The van der Waals surface area contributed by atoms with Gasteiger partial charge in [0.2, 0.25) is 0 Å². The molecule has 3 fully saturated rings. The lowest BCUT2D eigenvalue weighted by atomic mass is 9.84. The Bertz CT molecular complexity index is 1130. The van der Waals surface area contributed by atoms with E-state index in [1.165, 1.54) is 0 Å². The molecule has 0 saturated carbocycles. The molecule has 33 heavy (non-hydrogen) atoms. The van der Waals surface area contributed by atoms with E-state index in [0.717, 1.165) is 38.0 Å². The molecule has 8 heteroatoms. The first-order valence-electron chi connectivity index (χ1n) is 11.2. The van der Waals surface area contributed by atoms with Crippen LogP contribution >= 0.6 is 0 Å². The molecule has 3 saturated heterocycles. The predicted octanol–water partition coefficient (Wildman–Crippen LogP) is 4.00. The number of anilines is 3. The third kappa shape index (κ3) is 4.85. The molecule has 2 aromatic carbocycles. The Kier molecular flexibility index (Phi) is 5.75. The molecule has 0 spiro atoms. The molecular weight excluding hydrogens is 418 g/mol. The fourth-order valence-corrected chi connectivity index (χ4v) is 4.56. The number of nitrogens with zero attached hydrogens (tertiary/aromatic N) is 1. The first kappa shape index (κ1) is 21.1. The SMILES string of the molecule is Nc1ccc(NC(=O)Nc2ccc(-c3ccc(C(=O)NC4CN5CCC4CC5)o3)cc2)cc1. The van der Waals surface area contributed by atoms with Crippen molar-refractivity contribution in [2.75, 3.05) is 36.0 Å². The van der Waals surface area contributed by atoms with Gasteiger partial charge in [-0.1, -0.05) is 0 Å². The minimum absolute atomic E-state index is 0.169. The summed E-state index contributed by atoms with van der Waals surface area (Å²) in [6.45, 7) is 3.19. The van der Waals surface area contributed by atoms with Gasteiger partial charge in [-0.2, -0.15) is 0 Å². The Hall–Kier alpha value is -3.78. The maximum atomic E-state index is 12.7. The topological polar surface area (TPSA) is 113 Å². The number of urea groups is 1. The third-order valence-corrected chi connectivity index (χ3v) is 6.40. The second-order valence-corrected chi connectivity index (χ2v) is 8.66. The molecule has 3 aliphatic heterocycles. The Morgan fingerprint density at radius 2 is 1.52 bits per heavy atom. The lowest BCUT2D eigenvalue weighted by Crippen LogP contribution is -2.57. The van der Waals surface area contributed by atoms with E-state index >= 15 is 0 Å². The molecule has 170 valence electrons. The summed E-state index contributed by atoms with van der Waals surface area (Å²) in [4.78, 5) is 27.3. The van der Waals surface area contributed by atoms with Crippen LogP contribution in [0.3, 0.4) is 0 Å². The van der Waals surface area contributed by atoms with Crippen LogP contribution in [0, 0.1) is 5.92 Å². The Labute approximate surface area is 192 Å². The maximum absolute atomic E-state index is 12.7. The molecule has 4 heterocycles. The molecule has 0 radical (unpaired) electrons. The van der Waals surface area contributed by atoms with Gasteiger partial charge in [0.15, 0.2) is 5.76 Å². The number of carbonyl (C=O) groups is 2. The van der Waals surface area contributed by atoms with E-state index < -0.39 is 0 Å². The van der Waals surface area contributed by atoms with Gasteiger partial charge in [-0.3, -0.25) is 4.79 Å². The van der Waals surface area contributed by atoms with Gasteiger partial charge in [0, 0.05) is 35.2 Å². The number of nitrogen functional groups attached to an aromatic ring is 1. The monoisotopic (exact) mass is 445 g/mol. The number of nitrogens with one attached hydrogen (secondary N) is 3. The van der Waals surface area contributed by atoms with Crippen LogP contribution in [0.2, 0.25) is 0 Å². The lowest BCUT2D eigenvalue weighted by molar-refractivity contribution is 0.0606. The summed E-state index contributed by atoms with van der Waals surface area (Å²) in [5.41, 5.74) is 8.40. The van der Waals surface area contributed by atoms with E-state index in [-0.39, 0.29) is 18.0 Å². The van der Waals surface area contributed by atoms with Crippen molar-refractivity contribution in [2.45, 2.75) is 18.9 Å². The van der Waals surface area contributed by atoms with Gasteiger partial charge >= 0.3 is 6.03 Å². The lowest BCUT2D eigenvalue weighted by Gasteiger charge is -2.44. The van der Waals surface area contributed by atoms with E-state index in [1.807, 2.05) is 12.1 Å². The predicted molar refractivity (Wildman–Crippen MR) is 128 cm³/mol. The zero-order valence-electron chi connectivity index (χ0n) is 18.2. The average Bonchev–Trinajstić information content (AvgIpc) is 3.32. The number of furan rings is 1. The molecular formula is C25H27N5O3. The number of amides is 3. The van der Waals surface area contributed by atoms with Crippen molar-refractivity contribution in [2.24, 2.45) is 5.92 Å². The second kappa shape index (κ2) is 8.99. The first-order valence-corrected chi connectivity index (χ1v) is 11.2. The number of nitrogens with two attached hydrogens (primary N) is 1. The van der Waals surface area contributed by atoms with Crippen LogP contribution in [-0.4, -0.2) is 42.5 Å². The zero-order valence-corrected chi connectivity index (χ0v) is 18.2. The van der Waals surface area contributed by atoms with Gasteiger partial charge in [0.25, 0.3) is 5.91 Å². The number of hydrogen-bond donors (Lipinski definition) is 4. The Morgan fingerprint density at radius 3 is 2.12 bits per heavy atom. The molecule has 6 rings (SSSR count). The number of carbonyl (C=O) groups excluding carboxylic acids is 2. The minimum Gasteiger partial charge on any atom is -0.451 e. The quantitative estimate of drug-likeness (QED) is 0.444. The highest BCUT2D eigenvalue weighted by molar-refractivity contribution is 6.00. The van der Waals surface area contributed by atoms with Crippen LogP contribution in [0.1, 0.15) is 23.4 Å². The van der Waals surface area contributed by atoms with Crippen molar-refractivity contribution in [1.82, 2.24) is 10.2 Å². The molecule has 3 aliphatic rings. The van der Waals surface area contributed by atoms with Crippen LogP contribution < -0.4 is 21.7 Å². The Morgan fingerprint density at radius 1 is 0.879 bits per heavy atom. The molecule has 2 bridgehead atoms. The number of fused-ring (bicyclic) bond motifs is 3. The summed E-state index contributed by atoms with van der Waals surface area (Å²) in [7, 11) is 0. The molecule has 3 aromatic rings. The van der Waals surface area contributed by atoms with Gasteiger partial charge in [-0.25, -0.2) is 4.79 Å². The smallest absolute Gasteiger partial charge is 0.323 e. The number of benzene rings is 2. The van der Waals surface area contributed by atoms with Crippen molar-refractivity contribution < 1.29 is 14.0 Å². The summed E-state index contributed by atoms with van der Waals surface area (Å²) in [5.74, 6) is 1.31. The summed E-state index contributed by atoms with van der Waals surface area (Å²) >= 11 is 0. The highest BCUT2D eigenvalue weighted by Gasteiger charge is 2.35. The van der Waals surface area contributed by atoms with Gasteiger partial charge < -0.3 is 31.0 Å². The summed E-state index contributed by atoms with van der Waals surface area (Å²) in [5, 5.41) is 8.69. The second-order valence-electron chi connectivity index (χ2n) is 8.66. The Balaban J connectivity index is 1.18. The third-order valence-electron chi connectivity index (χ3n) is 6.40. The number of piperidine rings is 3. The maximum Gasteiger partial charge on any atom is 0.323 e. The molecule has 3 amide bonds. The van der Waals surface area contributed by atoms with Crippen LogP contribution in [-0.2, 0) is 0 Å². The minimum atomic E-state index is -0.350. The zero-order chi connectivity index (χ0) is 22.8. The van der Waals surface area contributed by atoms with Crippen molar-refractivity contribution in [3.63, 3.8) is 0 Å². The highest BCUT2D eigenvalue weighted by Crippen LogP contribution is 2.28. The average molecular weight is 446 g/mol. The van der Waals surface area contributed by atoms with Gasteiger partial charge in [0.05, 0.1) is 0 Å². The number of rotatable bonds is 5. The van der Waals surface area contributed by atoms with E-state index in [2.05, 4.69) is 20.9 Å². The molecule has 1 aromatic heterocycles. The largest absolute Gasteiger partial charge is 0.451 e. The first-order chi connectivity index (χ1) is 16.0. The van der Waals surface area contributed by atoms with Crippen molar-refractivity contribution in [1.29, 1.82) is 0 Å². The summed E-state index contributed by atoms with van der Waals surface area (Å²) < 4.78 is 5.83. The molecule has 0 aliphatic carbocycles. The van der Waals surface area contributed by atoms with Crippen LogP contribution in [0.4, 0.5) is 21.9 Å². The van der Waals surface area contributed by atoms with E-state index in [4.69, 9.17) is 10.2 Å². The molecule has 5 N–H and O–H groups in total. The van der Waals surface area contributed by atoms with Crippen LogP contribution in [0.15, 0.2) is 65.1 Å². The van der Waals surface area contributed by atoms with Gasteiger partial charge in [0.1, 0.15) is 5.76 Å². The standard InChI is InChI=1S/C25H27N5O3/c26-18-3-7-20(8-4-18)28-25(32)27-19-5-1-17(2-6-19)22-9-10-23(33-22)24(31)29-21-15-30-13-11-16(21)12-14-30/h1-10,16,21H,11-15,26H2,(H,29,31)(H2,27,28,32). The summed E-state index contributed by atoms with van der Waals surface area (Å²) in [6.07, 6.45) is 2.29.